The average Bonchev–Trinajstić information content (AvgIpc) is 3.54. The summed E-state index contributed by atoms with van der Waals surface area (Å²) in [6.45, 7) is 3.98. The van der Waals surface area contributed by atoms with Gasteiger partial charge in [-0.05, 0) is 35.7 Å². The van der Waals surface area contributed by atoms with Gasteiger partial charge >= 0.3 is 0 Å². The van der Waals surface area contributed by atoms with Crippen molar-refractivity contribution in [1.82, 2.24) is 19.9 Å². The van der Waals surface area contributed by atoms with Crippen LogP contribution in [0.1, 0.15) is 49.0 Å². The standard InChI is InChI=1S/C26H27N5O3/c1-2-23(32)30-13-11-26-21-9-3-4-10-22(21)31(25(26)33)17-19-16-29(28-27-19)12-6-14-34-20-8-5-7-18(15-20)24(26)30/h3-5,7-10,15-16,24H,2,6,11-14,17H2,1H3/t24-,26-/m0/s1. The lowest BCUT2D eigenvalue weighted by atomic mass is 9.72. The van der Waals surface area contributed by atoms with Crippen LogP contribution in [0.4, 0.5) is 5.69 Å². The van der Waals surface area contributed by atoms with Gasteiger partial charge in [0.15, 0.2) is 0 Å². The fourth-order valence-corrected chi connectivity index (χ4v) is 5.85. The van der Waals surface area contributed by atoms with E-state index in [0.29, 0.717) is 39.1 Å². The van der Waals surface area contributed by atoms with Crippen LogP contribution in [0, 0.1) is 0 Å². The number of amides is 2. The first-order chi connectivity index (χ1) is 16.6. The van der Waals surface area contributed by atoms with Crippen LogP contribution >= 0.6 is 0 Å². The molecule has 1 aromatic heterocycles. The van der Waals surface area contributed by atoms with Crippen molar-refractivity contribution in [2.75, 3.05) is 18.1 Å². The van der Waals surface area contributed by atoms with Crippen molar-refractivity contribution in [3.63, 3.8) is 0 Å². The number of rotatable bonds is 1. The van der Waals surface area contributed by atoms with Crippen molar-refractivity contribution in [2.45, 2.75) is 50.7 Å². The molecule has 2 atom stereocenters. The van der Waals surface area contributed by atoms with Gasteiger partial charge in [-0.25, -0.2) is 0 Å². The molecule has 3 aliphatic heterocycles. The van der Waals surface area contributed by atoms with Crippen molar-refractivity contribution in [3.05, 3.63) is 71.5 Å². The molecule has 34 heavy (non-hydrogen) atoms. The van der Waals surface area contributed by atoms with Crippen LogP contribution in [0.5, 0.6) is 5.75 Å². The third-order valence-corrected chi connectivity index (χ3v) is 7.33. The van der Waals surface area contributed by atoms with Crippen molar-refractivity contribution in [1.29, 1.82) is 0 Å². The fraction of sp³-hybridized carbons (Fsp3) is 0.385. The highest BCUT2D eigenvalue weighted by Gasteiger charge is 2.61. The maximum Gasteiger partial charge on any atom is 0.240 e. The van der Waals surface area contributed by atoms with E-state index in [0.717, 1.165) is 34.7 Å². The lowest BCUT2D eigenvalue weighted by Crippen LogP contribution is -2.45. The van der Waals surface area contributed by atoms with Crippen molar-refractivity contribution < 1.29 is 14.3 Å². The Morgan fingerprint density at radius 1 is 1.18 bits per heavy atom. The molecular weight excluding hydrogens is 430 g/mol. The number of hydrogen-bond donors (Lipinski definition) is 0. The molecule has 0 saturated carbocycles. The number of para-hydroxylation sites is 1. The third-order valence-electron chi connectivity index (χ3n) is 7.33. The van der Waals surface area contributed by atoms with E-state index < -0.39 is 11.5 Å². The molecule has 3 aromatic rings. The van der Waals surface area contributed by atoms with Gasteiger partial charge in [-0.15, -0.1) is 5.10 Å². The predicted octanol–water partition coefficient (Wildman–Crippen LogP) is 3.23. The monoisotopic (exact) mass is 457 g/mol. The first-order valence-electron chi connectivity index (χ1n) is 11.9. The highest BCUT2D eigenvalue weighted by molar-refractivity contribution is 6.09. The quantitative estimate of drug-likeness (QED) is 0.561. The number of aromatic nitrogens is 3. The Balaban J connectivity index is 1.57. The van der Waals surface area contributed by atoms with Crippen LogP contribution in [0.25, 0.3) is 0 Å². The van der Waals surface area contributed by atoms with Gasteiger partial charge in [-0.1, -0.05) is 42.5 Å². The number of anilines is 1. The van der Waals surface area contributed by atoms with Crippen LogP contribution in [0.15, 0.2) is 54.7 Å². The number of carbonyl (C=O) groups excluding carboxylic acids is 2. The van der Waals surface area contributed by atoms with E-state index in [1.165, 1.54) is 0 Å². The van der Waals surface area contributed by atoms with Crippen LogP contribution in [-0.2, 0) is 28.1 Å². The van der Waals surface area contributed by atoms with Gasteiger partial charge in [-0.2, -0.15) is 0 Å². The molecule has 1 saturated heterocycles. The van der Waals surface area contributed by atoms with Crippen LogP contribution < -0.4 is 9.64 Å². The zero-order chi connectivity index (χ0) is 23.3. The van der Waals surface area contributed by atoms with Crippen LogP contribution in [-0.4, -0.2) is 44.9 Å². The van der Waals surface area contributed by atoms with E-state index in [1.54, 1.807) is 4.68 Å². The third kappa shape index (κ3) is 3.04. The Kier molecular flexibility index (Phi) is 4.90. The number of fused-ring (bicyclic) bond motifs is 8. The van der Waals surface area contributed by atoms with Gasteiger partial charge < -0.3 is 14.5 Å². The topological polar surface area (TPSA) is 80.6 Å². The number of benzene rings is 2. The predicted molar refractivity (Wildman–Crippen MR) is 125 cm³/mol. The van der Waals surface area contributed by atoms with E-state index in [-0.39, 0.29) is 11.8 Å². The summed E-state index contributed by atoms with van der Waals surface area (Å²) in [4.78, 5) is 31.2. The second kappa shape index (κ2) is 7.97. The van der Waals surface area contributed by atoms with E-state index in [9.17, 15) is 9.59 Å². The van der Waals surface area contributed by atoms with E-state index in [4.69, 9.17) is 4.74 Å². The minimum absolute atomic E-state index is 0.0147. The smallest absolute Gasteiger partial charge is 0.240 e. The van der Waals surface area contributed by atoms with Gasteiger partial charge in [0.1, 0.15) is 16.9 Å². The van der Waals surface area contributed by atoms with Crippen molar-refractivity contribution in [2.24, 2.45) is 0 Å². The average molecular weight is 458 g/mol. The highest BCUT2D eigenvalue weighted by Crippen LogP contribution is 2.57. The Morgan fingerprint density at radius 3 is 2.94 bits per heavy atom. The van der Waals surface area contributed by atoms with Crippen molar-refractivity contribution in [3.8, 4) is 5.75 Å². The molecule has 4 heterocycles. The fourth-order valence-electron chi connectivity index (χ4n) is 5.85. The maximum absolute atomic E-state index is 14.4. The van der Waals surface area contributed by atoms with Gasteiger partial charge in [-0.3, -0.25) is 14.3 Å². The molecule has 8 heteroatoms. The molecule has 1 fully saturated rings. The van der Waals surface area contributed by atoms with E-state index in [1.807, 2.05) is 71.5 Å². The van der Waals surface area contributed by atoms with Gasteiger partial charge in [0.2, 0.25) is 11.8 Å². The van der Waals surface area contributed by atoms with E-state index >= 15 is 0 Å². The lowest BCUT2D eigenvalue weighted by molar-refractivity contribution is -0.133. The first-order valence-corrected chi connectivity index (χ1v) is 11.9. The van der Waals surface area contributed by atoms with Crippen LogP contribution in [0.3, 0.4) is 0 Å². The minimum atomic E-state index is -0.851. The summed E-state index contributed by atoms with van der Waals surface area (Å²) in [5.74, 6) is 0.812. The number of ether oxygens (including phenoxy) is 1. The second-order valence-corrected chi connectivity index (χ2v) is 9.22. The molecule has 174 valence electrons. The summed E-state index contributed by atoms with van der Waals surface area (Å²) < 4.78 is 7.86. The Hall–Kier alpha value is -3.68. The Morgan fingerprint density at radius 2 is 2.06 bits per heavy atom. The molecule has 6 bridgehead atoms. The van der Waals surface area contributed by atoms with Crippen molar-refractivity contribution >= 4 is 17.5 Å². The molecule has 3 aliphatic rings. The minimum Gasteiger partial charge on any atom is -0.494 e. The summed E-state index contributed by atoms with van der Waals surface area (Å²) in [5.41, 5.74) is 2.68. The number of aryl methyl sites for hydroxylation is 1. The second-order valence-electron chi connectivity index (χ2n) is 9.22. The molecule has 6 rings (SSSR count). The zero-order valence-electron chi connectivity index (χ0n) is 19.2. The summed E-state index contributed by atoms with van der Waals surface area (Å²) in [5, 5.41) is 8.57. The maximum atomic E-state index is 14.4. The summed E-state index contributed by atoms with van der Waals surface area (Å²) >= 11 is 0. The normalized spacial score (nSPS) is 23.6. The van der Waals surface area contributed by atoms with Gasteiger partial charge in [0, 0.05) is 31.6 Å². The highest BCUT2D eigenvalue weighted by atomic mass is 16.5. The Labute approximate surface area is 198 Å². The van der Waals surface area contributed by atoms with Crippen LogP contribution in [0.2, 0.25) is 0 Å². The lowest BCUT2D eigenvalue weighted by Gasteiger charge is -2.35. The van der Waals surface area contributed by atoms with Gasteiger partial charge in [0.05, 0.1) is 25.4 Å². The van der Waals surface area contributed by atoms with E-state index in [2.05, 4.69) is 10.3 Å². The molecule has 0 N–H and O–H groups in total. The first kappa shape index (κ1) is 20.9. The molecule has 0 unspecified atom stereocenters. The molecule has 2 aromatic carbocycles. The summed E-state index contributed by atoms with van der Waals surface area (Å²) in [6.07, 6.45) is 3.66. The number of carbonyl (C=O) groups is 2. The molecular formula is C26H27N5O3. The molecule has 1 spiro atoms. The largest absolute Gasteiger partial charge is 0.494 e. The molecule has 2 amide bonds. The van der Waals surface area contributed by atoms with Gasteiger partial charge in [0.25, 0.3) is 0 Å². The summed E-state index contributed by atoms with van der Waals surface area (Å²) in [6, 6.07) is 15.5. The number of hydrogen-bond acceptors (Lipinski definition) is 5. The number of likely N-dealkylation sites (tertiary alicyclic amines) is 1. The number of nitrogens with zero attached hydrogens (tertiary/aromatic N) is 5. The molecule has 8 nitrogen and oxygen atoms in total. The SMILES string of the molecule is CCC(=O)N1CC[C@@]23C(=O)N(Cc4cn(nn4)CCCOc4cccc(c4)[C@H]12)c1ccccc13. The Bertz CT molecular complexity index is 1270. The zero-order valence-corrected chi connectivity index (χ0v) is 19.2. The molecule has 0 radical (unpaired) electrons. The summed E-state index contributed by atoms with van der Waals surface area (Å²) in [7, 11) is 0. The molecule has 0 aliphatic carbocycles.